The highest BCUT2D eigenvalue weighted by Crippen LogP contribution is 2.26. The number of hydrogen-bond acceptors (Lipinski definition) is 5. The lowest BCUT2D eigenvalue weighted by Crippen LogP contribution is -2.35. The van der Waals surface area contributed by atoms with Gasteiger partial charge in [0.05, 0.1) is 11.4 Å². The van der Waals surface area contributed by atoms with Crippen LogP contribution in [-0.2, 0) is 21.2 Å². The number of nitrogens with zero attached hydrogens (tertiary/aromatic N) is 1. The molecule has 1 unspecified atom stereocenters. The number of carbonyl (C=O) groups is 1. The zero-order valence-corrected chi connectivity index (χ0v) is 19.3. The van der Waals surface area contributed by atoms with Crippen LogP contribution in [0.15, 0.2) is 78.9 Å². The van der Waals surface area contributed by atoms with E-state index < -0.39 is 16.1 Å². The maximum absolute atomic E-state index is 13.2. The quantitative estimate of drug-likeness (QED) is 0.339. The van der Waals surface area contributed by atoms with Crippen LogP contribution in [0.1, 0.15) is 17.5 Å². The zero-order valence-electron chi connectivity index (χ0n) is 18.5. The predicted molar refractivity (Wildman–Crippen MR) is 133 cm³/mol. The molecular formula is C25H26N4O4S. The SMILES string of the molecule is N=C(N)c1cccc(OC(Cc2ccccc2)C(=O)Nc2ccc(N3CCCS3(=O)=O)cc2)c1. The number of sulfonamides is 1. The number of rotatable bonds is 8. The number of carbonyl (C=O) groups excluding carboxylic acids is 1. The molecule has 0 spiro atoms. The lowest BCUT2D eigenvalue weighted by atomic mass is 10.1. The van der Waals surface area contributed by atoms with E-state index in [1.54, 1.807) is 48.5 Å². The number of nitrogen functional groups attached to an aromatic ring is 1. The molecule has 0 aromatic heterocycles. The van der Waals surface area contributed by atoms with Gasteiger partial charge in [0.2, 0.25) is 10.0 Å². The number of hydrogen-bond donors (Lipinski definition) is 3. The van der Waals surface area contributed by atoms with E-state index in [1.165, 1.54) is 4.31 Å². The van der Waals surface area contributed by atoms with Gasteiger partial charge in [-0.05, 0) is 48.4 Å². The summed E-state index contributed by atoms with van der Waals surface area (Å²) in [4.78, 5) is 13.2. The average molecular weight is 479 g/mol. The van der Waals surface area contributed by atoms with E-state index in [4.69, 9.17) is 15.9 Å². The average Bonchev–Trinajstić information content (AvgIpc) is 3.19. The van der Waals surface area contributed by atoms with E-state index in [0.29, 0.717) is 42.1 Å². The maximum atomic E-state index is 13.2. The number of nitrogens with one attached hydrogen (secondary N) is 2. The minimum atomic E-state index is -3.27. The van der Waals surface area contributed by atoms with Crippen LogP contribution in [0.2, 0.25) is 0 Å². The van der Waals surface area contributed by atoms with Crippen molar-refractivity contribution in [3.05, 3.63) is 90.0 Å². The number of benzene rings is 3. The normalized spacial score (nSPS) is 15.5. The first-order valence-corrected chi connectivity index (χ1v) is 12.5. The van der Waals surface area contributed by atoms with E-state index in [9.17, 15) is 13.2 Å². The van der Waals surface area contributed by atoms with Crippen LogP contribution in [0.4, 0.5) is 11.4 Å². The van der Waals surface area contributed by atoms with Gasteiger partial charge in [0.1, 0.15) is 11.6 Å². The third kappa shape index (κ3) is 5.55. The molecule has 4 N–H and O–H groups in total. The Balaban J connectivity index is 1.52. The molecule has 1 fully saturated rings. The first kappa shape index (κ1) is 23.3. The smallest absolute Gasteiger partial charge is 0.265 e. The molecule has 8 nitrogen and oxygen atoms in total. The summed E-state index contributed by atoms with van der Waals surface area (Å²) in [5.41, 5.74) is 8.12. The van der Waals surface area contributed by atoms with Crippen LogP contribution in [0.5, 0.6) is 5.75 Å². The van der Waals surface area contributed by atoms with E-state index in [2.05, 4.69) is 5.32 Å². The number of nitrogens with two attached hydrogens (primary N) is 1. The van der Waals surface area contributed by atoms with Gasteiger partial charge in [-0.2, -0.15) is 0 Å². The van der Waals surface area contributed by atoms with Crippen molar-refractivity contribution in [1.29, 1.82) is 5.41 Å². The van der Waals surface area contributed by atoms with Crippen LogP contribution in [-0.4, -0.2) is 38.6 Å². The van der Waals surface area contributed by atoms with Gasteiger partial charge in [-0.15, -0.1) is 0 Å². The van der Waals surface area contributed by atoms with Gasteiger partial charge in [0.25, 0.3) is 5.91 Å². The second-order valence-corrected chi connectivity index (χ2v) is 10.0. The van der Waals surface area contributed by atoms with Gasteiger partial charge in [-0.25, -0.2) is 8.42 Å². The highest BCUT2D eigenvalue weighted by molar-refractivity contribution is 7.93. The Labute approximate surface area is 198 Å². The minimum absolute atomic E-state index is 0.0883. The van der Waals surface area contributed by atoms with Crippen molar-refractivity contribution >= 4 is 33.1 Å². The van der Waals surface area contributed by atoms with Crippen molar-refractivity contribution in [3.8, 4) is 5.75 Å². The fraction of sp³-hybridized carbons (Fsp3) is 0.200. The van der Waals surface area contributed by atoms with Gasteiger partial charge < -0.3 is 15.8 Å². The second kappa shape index (κ2) is 9.96. The summed E-state index contributed by atoms with van der Waals surface area (Å²) in [6, 6.07) is 23.0. The van der Waals surface area contributed by atoms with Crippen molar-refractivity contribution in [3.63, 3.8) is 0 Å². The molecule has 0 radical (unpaired) electrons. The number of anilines is 2. The first-order valence-electron chi connectivity index (χ1n) is 10.9. The van der Waals surface area contributed by atoms with Crippen molar-refractivity contribution in [1.82, 2.24) is 0 Å². The zero-order chi connectivity index (χ0) is 24.1. The third-order valence-electron chi connectivity index (χ3n) is 5.50. The summed E-state index contributed by atoms with van der Waals surface area (Å²) < 4.78 is 31.7. The molecule has 1 amide bonds. The summed E-state index contributed by atoms with van der Waals surface area (Å²) in [5, 5.41) is 10.5. The molecule has 1 atom stereocenters. The second-order valence-electron chi connectivity index (χ2n) is 8.02. The molecule has 0 aliphatic carbocycles. The molecule has 9 heteroatoms. The Hall–Kier alpha value is -3.85. The van der Waals surface area contributed by atoms with Gasteiger partial charge in [0.15, 0.2) is 6.10 Å². The Morgan fingerprint density at radius 2 is 1.79 bits per heavy atom. The van der Waals surface area contributed by atoms with Gasteiger partial charge in [-0.1, -0.05) is 42.5 Å². The van der Waals surface area contributed by atoms with Gasteiger partial charge in [-0.3, -0.25) is 14.5 Å². The van der Waals surface area contributed by atoms with Crippen LogP contribution in [0.3, 0.4) is 0 Å². The Bertz CT molecular complexity index is 1280. The highest BCUT2D eigenvalue weighted by Gasteiger charge is 2.28. The summed E-state index contributed by atoms with van der Waals surface area (Å²) in [6.45, 7) is 0.459. The molecule has 1 heterocycles. The molecule has 1 aliphatic heterocycles. The van der Waals surface area contributed by atoms with Crippen molar-refractivity contribution in [2.45, 2.75) is 18.9 Å². The lowest BCUT2D eigenvalue weighted by molar-refractivity contribution is -0.122. The molecule has 4 rings (SSSR count). The standard InChI is InChI=1S/C25H26N4O4S/c26-24(27)19-8-4-9-22(17-19)33-23(16-18-6-2-1-3-7-18)25(30)28-20-10-12-21(13-11-20)29-14-5-15-34(29,31)32/h1-4,6-13,17,23H,5,14-16H2,(H3,26,27)(H,28,30). The fourth-order valence-electron chi connectivity index (χ4n) is 3.78. The molecule has 176 valence electrons. The molecule has 1 saturated heterocycles. The van der Waals surface area contributed by atoms with Crippen molar-refractivity contribution in [2.75, 3.05) is 21.9 Å². The summed E-state index contributed by atoms with van der Waals surface area (Å²) in [5.74, 6) is 0.140. The lowest BCUT2D eigenvalue weighted by Gasteiger charge is -2.20. The maximum Gasteiger partial charge on any atom is 0.265 e. The largest absolute Gasteiger partial charge is 0.480 e. The summed E-state index contributed by atoms with van der Waals surface area (Å²) in [6.07, 6.45) is 0.0915. The minimum Gasteiger partial charge on any atom is -0.480 e. The molecular weight excluding hydrogens is 452 g/mol. The van der Waals surface area contributed by atoms with Crippen LogP contribution < -0.4 is 20.1 Å². The van der Waals surface area contributed by atoms with Gasteiger partial charge >= 0.3 is 0 Å². The van der Waals surface area contributed by atoms with Crippen LogP contribution >= 0.6 is 0 Å². The highest BCUT2D eigenvalue weighted by atomic mass is 32.2. The third-order valence-corrected chi connectivity index (χ3v) is 7.37. The van der Waals surface area contributed by atoms with E-state index in [1.807, 2.05) is 30.3 Å². The molecule has 1 aliphatic rings. The predicted octanol–water partition coefficient (Wildman–Crippen LogP) is 3.14. The van der Waals surface area contributed by atoms with Crippen molar-refractivity contribution < 1.29 is 17.9 Å². The van der Waals surface area contributed by atoms with Crippen molar-refractivity contribution in [2.24, 2.45) is 5.73 Å². The number of ether oxygens (including phenoxy) is 1. The number of amidine groups is 1. The van der Waals surface area contributed by atoms with Crippen LogP contribution in [0, 0.1) is 5.41 Å². The molecule has 0 bridgehead atoms. The monoisotopic (exact) mass is 478 g/mol. The molecule has 0 saturated carbocycles. The molecule has 34 heavy (non-hydrogen) atoms. The Morgan fingerprint density at radius 3 is 2.44 bits per heavy atom. The van der Waals surface area contributed by atoms with E-state index in [0.717, 1.165) is 5.56 Å². The topological polar surface area (TPSA) is 126 Å². The Morgan fingerprint density at radius 1 is 1.06 bits per heavy atom. The van der Waals surface area contributed by atoms with E-state index >= 15 is 0 Å². The van der Waals surface area contributed by atoms with E-state index in [-0.39, 0.29) is 17.5 Å². The summed E-state index contributed by atoms with van der Waals surface area (Å²) >= 11 is 0. The Kier molecular flexibility index (Phi) is 6.83. The fourth-order valence-corrected chi connectivity index (χ4v) is 5.35. The molecule has 3 aromatic rings. The van der Waals surface area contributed by atoms with Gasteiger partial charge in [0, 0.05) is 24.2 Å². The first-order chi connectivity index (χ1) is 16.3. The molecule has 3 aromatic carbocycles. The van der Waals surface area contributed by atoms with Crippen LogP contribution in [0.25, 0.3) is 0 Å². The summed E-state index contributed by atoms with van der Waals surface area (Å²) in [7, 11) is -3.27. The number of amides is 1.